The van der Waals surface area contributed by atoms with Crippen LogP contribution in [0.2, 0.25) is 0 Å². The van der Waals surface area contributed by atoms with E-state index in [1.807, 2.05) is 43.3 Å². The van der Waals surface area contributed by atoms with Crippen LogP contribution in [0.4, 0.5) is 0 Å². The van der Waals surface area contributed by atoms with Crippen molar-refractivity contribution < 1.29 is 14.3 Å². The van der Waals surface area contributed by atoms with Crippen molar-refractivity contribution in [1.82, 2.24) is 0 Å². The molecule has 0 saturated carbocycles. The smallest absolute Gasteiger partial charge is 0.333 e. The van der Waals surface area contributed by atoms with Crippen LogP contribution in [-0.2, 0) is 9.53 Å². The first-order valence-corrected chi connectivity index (χ1v) is 7.59. The van der Waals surface area contributed by atoms with E-state index in [1.165, 1.54) is 0 Å². The molecule has 2 rings (SSSR count). The summed E-state index contributed by atoms with van der Waals surface area (Å²) in [7, 11) is 0. The van der Waals surface area contributed by atoms with E-state index in [2.05, 4.69) is 12.6 Å². The molecule has 0 bridgehead atoms. The van der Waals surface area contributed by atoms with E-state index in [0.29, 0.717) is 16.9 Å². The minimum atomic E-state index is -0.415. The van der Waals surface area contributed by atoms with Gasteiger partial charge in [0.05, 0.1) is 11.6 Å². The van der Waals surface area contributed by atoms with Crippen molar-refractivity contribution in [3.8, 4) is 22.9 Å². The molecule has 2 aromatic carbocycles. The molecule has 4 nitrogen and oxygen atoms in total. The molecule has 4 heteroatoms. The van der Waals surface area contributed by atoms with Crippen molar-refractivity contribution in [3.05, 3.63) is 66.2 Å². The predicted molar refractivity (Wildman–Crippen MR) is 92.5 cm³/mol. The molecule has 24 heavy (non-hydrogen) atoms. The van der Waals surface area contributed by atoms with Crippen molar-refractivity contribution >= 4 is 5.97 Å². The summed E-state index contributed by atoms with van der Waals surface area (Å²) in [4.78, 5) is 11.3. The first-order chi connectivity index (χ1) is 11.5. The minimum Gasteiger partial charge on any atom is -0.487 e. The van der Waals surface area contributed by atoms with E-state index in [9.17, 15) is 4.79 Å². The maximum atomic E-state index is 11.3. The standard InChI is InChI=1S/C20H19NO3/c1-14(2)20(22)23-13-15(3)24-19-10-8-18(9-11-19)17-6-4-16(12-21)5-7-17/h4-11,15H,1,13H2,2-3H3. The molecule has 0 aliphatic heterocycles. The molecule has 0 amide bonds. The maximum absolute atomic E-state index is 11.3. The Morgan fingerprint density at radius 2 is 1.67 bits per heavy atom. The van der Waals surface area contributed by atoms with Crippen LogP contribution in [0.25, 0.3) is 11.1 Å². The molecule has 0 saturated heterocycles. The Morgan fingerprint density at radius 1 is 1.12 bits per heavy atom. The molecule has 0 N–H and O–H groups in total. The lowest BCUT2D eigenvalue weighted by Crippen LogP contribution is -2.21. The van der Waals surface area contributed by atoms with Crippen LogP contribution >= 0.6 is 0 Å². The number of rotatable bonds is 6. The largest absolute Gasteiger partial charge is 0.487 e. The molecule has 0 fully saturated rings. The van der Waals surface area contributed by atoms with Crippen molar-refractivity contribution in [2.45, 2.75) is 20.0 Å². The van der Waals surface area contributed by atoms with Gasteiger partial charge in [0, 0.05) is 5.57 Å². The zero-order chi connectivity index (χ0) is 17.5. The summed E-state index contributed by atoms with van der Waals surface area (Å²) in [5.74, 6) is 0.285. The number of hydrogen-bond acceptors (Lipinski definition) is 4. The molecule has 0 heterocycles. The lowest BCUT2D eigenvalue weighted by Gasteiger charge is -2.15. The van der Waals surface area contributed by atoms with Gasteiger partial charge < -0.3 is 9.47 Å². The highest BCUT2D eigenvalue weighted by atomic mass is 16.6. The highest BCUT2D eigenvalue weighted by Crippen LogP contribution is 2.23. The summed E-state index contributed by atoms with van der Waals surface area (Å²) in [5, 5.41) is 8.83. The Kier molecular flexibility index (Phi) is 5.75. The van der Waals surface area contributed by atoms with E-state index >= 15 is 0 Å². The third-order valence-corrected chi connectivity index (χ3v) is 3.34. The summed E-state index contributed by atoms with van der Waals surface area (Å²) in [6, 6.07) is 17.1. The summed E-state index contributed by atoms with van der Waals surface area (Å²) in [5.41, 5.74) is 3.07. The second-order valence-electron chi connectivity index (χ2n) is 5.52. The quantitative estimate of drug-likeness (QED) is 0.593. The molecule has 0 aliphatic carbocycles. The number of nitriles is 1. The van der Waals surface area contributed by atoms with Crippen molar-refractivity contribution in [2.75, 3.05) is 6.61 Å². The Balaban J connectivity index is 1.95. The normalized spacial score (nSPS) is 11.2. The molecular formula is C20H19NO3. The van der Waals surface area contributed by atoms with Gasteiger partial charge in [0.2, 0.25) is 0 Å². The first-order valence-electron chi connectivity index (χ1n) is 7.59. The van der Waals surface area contributed by atoms with Gasteiger partial charge in [0.15, 0.2) is 0 Å². The summed E-state index contributed by atoms with van der Waals surface area (Å²) in [6.45, 7) is 7.14. The maximum Gasteiger partial charge on any atom is 0.333 e. The van der Waals surface area contributed by atoms with E-state index < -0.39 is 5.97 Å². The molecule has 0 spiro atoms. The monoisotopic (exact) mass is 321 g/mol. The highest BCUT2D eigenvalue weighted by molar-refractivity contribution is 5.86. The number of carbonyl (C=O) groups is 1. The molecular weight excluding hydrogens is 302 g/mol. The Bertz CT molecular complexity index is 755. The average Bonchev–Trinajstić information content (AvgIpc) is 2.60. The molecule has 1 atom stereocenters. The predicted octanol–water partition coefficient (Wildman–Crippen LogP) is 4.11. The Hall–Kier alpha value is -3.06. The van der Waals surface area contributed by atoms with Gasteiger partial charge in [-0.3, -0.25) is 0 Å². The molecule has 0 aromatic heterocycles. The van der Waals surface area contributed by atoms with Crippen LogP contribution in [0.15, 0.2) is 60.7 Å². The van der Waals surface area contributed by atoms with E-state index in [1.54, 1.807) is 19.1 Å². The fourth-order valence-electron chi connectivity index (χ4n) is 2.05. The van der Waals surface area contributed by atoms with Crippen molar-refractivity contribution in [2.24, 2.45) is 0 Å². The lowest BCUT2D eigenvalue weighted by molar-refractivity contribution is -0.141. The van der Waals surface area contributed by atoms with Crippen LogP contribution < -0.4 is 4.74 Å². The SMILES string of the molecule is C=C(C)C(=O)OCC(C)Oc1ccc(-c2ccc(C#N)cc2)cc1. The summed E-state index contributed by atoms with van der Waals surface area (Å²) in [6.07, 6.45) is -0.255. The van der Waals surface area contributed by atoms with Crippen LogP contribution in [0.1, 0.15) is 19.4 Å². The van der Waals surface area contributed by atoms with E-state index in [0.717, 1.165) is 11.1 Å². The van der Waals surface area contributed by atoms with Gasteiger partial charge >= 0.3 is 5.97 Å². The molecule has 0 aliphatic rings. The fourth-order valence-corrected chi connectivity index (χ4v) is 2.05. The van der Waals surface area contributed by atoms with Crippen molar-refractivity contribution in [1.29, 1.82) is 5.26 Å². The second kappa shape index (κ2) is 7.98. The fraction of sp³-hybridized carbons (Fsp3) is 0.200. The molecule has 0 radical (unpaired) electrons. The Morgan fingerprint density at radius 3 is 2.17 bits per heavy atom. The molecule has 122 valence electrons. The third-order valence-electron chi connectivity index (χ3n) is 3.34. The minimum absolute atomic E-state index is 0.170. The lowest BCUT2D eigenvalue weighted by atomic mass is 10.0. The number of hydrogen-bond donors (Lipinski definition) is 0. The summed E-state index contributed by atoms with van der Waals surface area (Å²) >= 11 is 0. The van der Waals surface area contributed by atoms with E-state index in [4.69, 9.17) is 14.7 Å². The van der Waals surface area contributed by atoms with Crippen LogP contribution in [0.3, 0.4) is 0 Å². The van der Waals surface area contributed by atoms with Gasteiger partial charge in [0.25, 0.3) is 0 Å². The van der Waals surface area contributed by atoms with Gasteiger partial charge in [-0.05, 0) is 49.2 Å². The Labute approximate surface area is 141 Å². The van der Waals surface area contributed by atoms with Crippen molar-refractivity contribution in [3.63, 3.8) is 0 Å². The third kappa shape index (κ3) is 4.72. The number of carbonyl (C=O) groups excluding carboxylic acids is 1. The average molecular weight is 321 g/mol. The zero-order valence-corrected chi connectivity index (χ0v) is 13.8. The number of ether oxygens (including phenoxy) is 2. The van der Waals surface area contributed by atoms with E-state index in [-0.39, 0.29) is 12.7 Å². The van der Waals surface area contributed by atoms with Gasteiger partial charge in [-0.15, -0.1) is 0 Å². The van der Waals surface area contributed by atoms with Crippen LogP contribution in [-0.4, -0.2) is 18.7 Å². The number of nitrogens with zero attached hydrogens (tertiary/aromatic N) is 1. The van der Waals surface area contributed by atoms with Gasteiger partial charge in [-0.2, -0.15) is 5.26 Å². The highest BCUT2D eigenvalue weighted by Gasteiger charge is 2.09. The number of esters is 1. The summed E-state index contributed by atoms with van der Waals surface area (Å²) < 4.78 is 10.8. The molecule has 2 aromatic rings. The van der Waals surface area contributed by atoms with Gasteiger partial charge in [0.1, 0.15) is 18.5 Å². The van der Waals surface area contributed by atoms with Gasteiger partial charge in [-0.25, -0.2) is 4.79 Å². The first kappa shape index (κ1) is 17.3. The van der Waals surface area contributed by atoms with Crippen LogP contribution in [0.5, 0.6) is 5.75 Å². The number of benzene rings is 2. The van der Waals surface area contributed by atoms with Gasteiger partial charge in [-0.1, -0.05) is 30.8 Å². The molecule has 1 unspecified atom stereocenters. The van der Waals surface area contributed by atoms with Crippen LogP contribution in [0, 0.1) is 11.3 Å². The zero-order valence-electron chi connectivity index (χ0n) is 13.8. The topological polar surface area (TPSA) is 59.3 Å². The second-order valence-corrected chi connectivity index (χ2v) is 5.52.